The predicted molar refractivity (Wildman–Crippen MR) is 85.2 cm³/mol. The van der Waals surface area contributed by atoms with Crippen molar-refractivity contribution in [2.24, 2.45) is 0 Å². The minimum atomic E-state index is 0.425. The maximum atomic E-state index is 5.63. The van der Waals surface area contributed by atoms with E-state index in [9.17, 15) is 0 Å². The van der Waals surface area contributed by atoms with Gasteiger partial charge in [0.1, 0.15) is 17.5 Å². The molecule has 2 heterocycles. The van der Waals surface area contributed by atoms with Crippen LogP contribution in [0.15, 0.2) is 0 Å². The Kier molecular flexibility index (Phi) is 4.29. The van der Waals surface area contributed by atoms with E-state index in [-0.39, 0.29) is 0 Å². The number of rotatable bonds is 5. The van der Waals surface area contributed by atoms with Gasteiger partial charge in [0.25, 0.3) is 0 Å². The summed E-state index contributed by atoms with van der Waals surface area (Å²) in [5, 5.41) is 3.40. The smallest absolute Gasteiger partial charge is 0.137 e. The fourth-order valence-electron chi connectivity index (χ4n) is 2.94. The SMILES string of the molecule is CCNc1nc(C2CC2)nc(N2CCOCC2CC)c1C. The lowest BCUT2D eigenvalue weighted by Gasteiger charge is -2.37. The molecule has 5 heteroatoms. The Bertz CT molecular complexity index is 501. The lowest BCUT2D eigenvalue weighted by atomic mass is 10.1. The molecule has 21 heavy (non-hydrogen) atoms. The number of morpholine rings is 1. The van der Waals surface area contributed by atoms with Crippen LogP contribution in [0.5, 0.6) is 0 Å². The van der Waals surface area contributed by atoms with Crippen LogP contribution in [0.1, 0.15) is 50.4 Å². The number of nitrogens with one attached hydrogen (secondary N) is 1. The van der Waals surface area contributed by atoms with Gasteiger partial charge in [-0.2, -0.15) is 0 Å². The van der Waals surface area contributed by atoms with Crippen molar-refractivity contribution in [3.8, 4) is 0 Å². The van der Waals surface area contributed by atoms with Crippen molar-refractivity contribution < 1.29 is 4.74 Å². The van der Waals surface area contributed by atoms with E-state index in [4.69, 9.17) is 14.7 Å². The molecular weight excluding hydrogens is 264 g/mol. The third kappa shape index (κ3) is 2.98. The van der Waals surface area contributed by atoms with Gasteiger partial charge in [0.05, 0.1) is 19.3 Å². The van der Waals surface area contributed by atoms with E-state index >= 15 is 0 Å². The molecule has 1 aromatic heterocycles. The lowest BCUT2D eigenvalue weighted by molar-refractivity contribution is 0.0925. The van der Waals surface area contributed by atoms with E-state index in [0.29, 0.717) is 12.0 Å². The van der Waals surface area contributed by atoms with Crippen molar-refractivity contribution in [3.63, 3.8) is 0 Å². The molecule has 2 fully saturated rings. The molecule has 3 rings (SSSR count). The molecule has 1 saturated heterocycles. The molecular formula is C16H26N4O. The molecule has 1 aliphatic carbocycles. The first-order chi connectivity index (χ1) is 10.2. The van der Waals surface area contributed by atoms with E-state index in [0.717, 1.165) is 50.2 Å². The van der Waals surface area contributed by atoms with Crippen molar-refractivity contribution in [1.29, 1.82) is 0 Å². The van der Waals surface area contributed by atoms with E-state index in [1.807, 2.05) is 0 Å². The Morgan fingerprint density at radius 1 is 1.29 bits per heavy atom. The monoisotopic (exact) mass is 290 g/mol. The molecule has 1 aliphatic heterocycles. The van der Waals surface area contributed by atoms with Crippen molar-refractivity contribution >= 4 is 11.6 Å². The van der Waals surface area contributed by atoms with Crippen LogP contribution in [-0.4, -0.2) is 42.3 Å². The average Bonchev–Trinajstić information content (AvgIpc) is 3.34. The van der Waals surface area contributed by atoms with Crippen molar-refractivity contribution in [2.75, 3.05) is 36.5 Å². The van der Waals surface area contributed by atoms with E-state index < -0.39 is 0 Å². The third-order valence-electron chi connectivity index (χ3n) is 4.39. The molecule has 2 aliphatic rings. The topological polar surface area (TPSA) is 50.3 Å². The highest BCUT2D eigenvalue weighted by molar-refractivity contribution is 5.59. The zero-order valence-corrected chi connectivity index (χ0v) is 13.4. The number of aromatic nitrogens is 2. The van der Waals surface area contributed by atoms with Gasteiger partial charge in [-0.05, 0) is 33.1 Å². The van der Waals surface area contributed by atoms with Crippen LogP contribution in [0.4, 0.5) is 11.6 Å². The number of hydrogen-bond acceptors (Lipinski definition) is 5. The fourth-order valence-corrected chi connectivity index (χ4v) is 2.94. The van der Waals surface area contributed by atoms with Crippen LogP contribution >= 0.6 is 0 Å². The molecule has 1 unspecified atom stereocenters. The van der Waals surface area contributed by atoms with Crippen LogP contribution in [0, 0.1) is 6.92 Å². The fraction of sp³-hybridized carbons (Fsp3) is 0.750. The molecule has 0 radical (unpaired) electrons. The second-order valence-corrected chi connectivity index (χ2v) is 6.01. The summed E-state index contributed by atoms with van der Waals surface area (Å²) in [6.07, 6.45) is 3.54. The molecule has 1 aromatic rings. The largest absolute Gasteiger partial charge is 0.377 e. The number of ether oxygens (including phenoxy) is 1. The highest BCUT2D eigenvalue weighted by atomic mass is 16.5. The zero-order chi connectivity index (χ0) is 14.8. The molecule has 5 nitrogen and oxygen atoms in total. The predicted octanol–water partition coefficient (Wildman–Crippen LogP) is 2.71. The Morgan fingerprint density at radius 2 is 2.10 bits per heavy atom. The highest BCUT2D eigenvalue weighted by Gasteiger charge is 2.31. The molecule has 1 atom stereocenters. The van der Waals surface area contributed by atoms with Gasteiger partial charge in [0.15, 0.2) is 0 Å². The molecule has 1 saturated carbocycles. The van der Waals surface area contributed by atoms with Crippen LogP contribution < -0.4 is 10.2 Å². The first-order valence-corrected chi connectivity index (χ1v) is 8.21. The first kappa shape index (κ1) is 14.6. The molecule has 116 valence electrons. The van der Waals surface area contributed by atoms with Gasteiger partial charge >= 0.3 is 0 Å². The van der Waals surface area contributed by atoms with Gasteiger partial charge in [0, 0.05) is 24.6 Å². The Morgan fingerprint density at radius 3 is 2.76 bits per heavy atom. The first-order valence-electron chi connectivity index (χ1n) is 8.21. The summed E-state index contributed by atoms with van der Waals surface area (Å²) in [5.74, 6) is 3.71. The quantitative estimate of drug-likeness (QED) is 0.903. The van der Waals surface area contributed by atoms with Crippen molar-refractivity contribution in [1.82, 2.24) is 9.97 Å². The van der Waals surface area contributed by atoms with Crippen LogP contribution in [0.3, 0.4) is 0 Å². The van der Waals surface area contributed by atoms with E-state index in [2.05, 4.69) is 31.0 Å². The molecule has 0 spiro atoms. The van der Waals surface area contributed by atoms with Gasteiger partial charge in [-0.25, -0.2) is 9.97 Å². The second-order valence-electron chi connectivity index (χ2n) is 6.01. The van der Waals surface area contributed by atoms with Crippen LogP contribution in [0.2, 0.25) is 0 Å². The summed E-state index contributed by atoms with van der Waals surface area (Å²) in [4.78, 5) is 12.1. The van der Waals surface area contributed by atoms with Gasteiger partial charge in [-0.3, -0.25) is 0 Å². The van der Waals surface area contributed by atoms with Crippen LogP contribution in [-0.2, 0) is 4.74 Å². The van der Waals surface area contributed by atoms with Gasteiger partial charge in [-0.1, -0.05) is 6.92 Å². The molecule has 0 amide bonds. The number of anilines is 2. The summed E-state index contributed by atoms with van der Waals surface area (Å²) in [6.45, 7) is 9.86. The Balaban J connectivity index is 1.98. The standard InChI is InChI=1S/C16H26N4O/c1-4-13-10-21-9-8-20(13)16-11(3)14(17-5-2)18-15(19-16)12-6-7-12/h12-13H,4-10H2,1-3H3,(H,17,18,19). The van der Waals surface area contributed by atoms with Crippen molar-refractivity contribution in [3.05, 3.63) is 11.4 Å². The maximum absolute atomic E-state index is 5.63. The Hall–Kier alpha value is -1.36. The summed E-state index contributed by atoms with van der Waals surface area (Å²) in [7, 11) is 0. The number of hydrogen-bond donors (Lipinski definition) is 1. The minimum Gasteiger partial charge on any atom is -0.377 e. The normalized spacial score (nSPS) is 22.4. The lowest BCUT2D eigenvalue weighted by Crippen LogP contribution is -2.46. The zero-order valence-electron chi connectivity index (χ0n) is 13.4. The van der Waals surface area contributed by atoms with Gasteiger partial charge in [-0.15, -0.1) is 0 Å². The molecule has 0 aromatic carbocycles. The van der Waals surface area contributed by atoms with E-state index in [1.165, 1.54) is 18.4 Å². The molecule has 1 N–H and O–H groups in total. The van der Waals surface area contributed by atoms with Crippen molar-refractivity contribution in [2.45, 2.75) is 52.0 Å². The highest BCUT2D eigenvalue weighted by Crippen LogP contribution is 2.40. The van der Waals surface area contributed by atoms with Gasteiger partial charge < -0.3 is 15.0 Å². The molecule has 0 bridgehead atoms. The third-order valence-corrected chi connectivity index (χ3v) is 4.39. The average molecular weight is 290 g/mol. The maximum Gasteiger partial charge on any atom is 0.137 e. The summed E-state index contributed by atoms with van der Waals surface area (Å²) in [6, 6.07) is 0.425. The van der Waals surface area contributed by atoms with Gasteiger partial charge in [0.2, 0.25) is 0 Å². The summed E-state index contributed by atoms with van der Waals surface area (Å²) < 4.78 is 5.63. The second kappa shape index (κ2) is 6.18. The number of nitrogens with zero attached hydrogens (tertiary/aromatic N) is 3. The Labute approximate surface area is 127 Å². The minimum absolute atomic E-state index is 0.425. The summed E-state index contributed by atoms with van der Waals surface area (Å²) in [5.41, 5.74) is 1.17. The van der Waals surface area contributed by atoms with Crippen LogP contribution in [0.25, 0.3) is 0 Å². The van der Waals surface area contributed by atoms with E-state index in [1.54, 1.807) is 0 Å². The summed E-state index contributed by atoms with van der Waals surface area (Å²) >= 11 is 0.